The molecule has 0 spiro atoms. The van der Waals surface area contributed by atoms with Crippen LogP contribution >= 0.6 is 0 Å². The minimum atomic E-state index is -0.554. The van der Waals surface area contributed by atoms with Gasteiger partial charge in [-0.2, -0.15) is 0 Å². The lowest BCUT2D eigenvalue weighted by atomic mass is 10.3. The van der Waals surface area contributed by atoms with Gasteiger partial charge < -0.3 is 9.84 Å². The van der Waals surface area contributed by atoms with Crippen molar-refractivity contribution in [3.05, 3.63) is 28.3 Å². The van der Waals surface area contributed by atoms with Crippen molar-refractivity contribution >= 4 is 5.69 Å². The molecule has 0 amide bonds. The van der Waals surface area contributed by atoms with Crippen LogP contribution in [0.3, 0.4) is 0 Å². The van der Waals surface area contributed by atoms with Crippen molar-refractivity contribution in [1.29, 1.82) is 0 Å². The SMILES string of the molecule is O=[N+]([O-])c1cc(O)ccc1OCC1CC1. The minimum Gasteiger partial charge on any atom is -0.508 e. The summed E-state index contributed by atoms with van der Waals surface area (Å²) in [5, 5.41) is 19.8. The zero-order chi connectivity index (χ0) is 10.8. The molecule has 1 saturated carbocycles. The highest BCUT2D eigenvalue weighted by molar-refractivity contribution is 5.50. The molecule has 5 nitrogen and oxygen atoms in total. The van der Waals surface area contributed by atoms with E-state index in [0.717, 1.165) is 18.9 Å². The summed E-state index contributed by atoms with van der Waals surface area (Å²) in [7, 11) is 0. The van der Waals surface area contributed by atoms with Crippen LogP contribution in [-0.4, -0.2) is 16.6 Å². The van der Waals surface area contributed by atoms with Gasteiger partial charge in [0.15, 0.2) is 5.75 Å². The van der Waals surface area contributed by atoms with E-state index >= 15 is 0 Å². The number of nitro benzene ring substituents is 1. The summed E-state index contributed by atoms with van der Waals surface area (Å²) >= 11 is 0. The number of phenols is 1. The molecule has 1 aliphatic rings. The molecule has 0 aromatic heterocycles. The molecule has 0 atom stereocenters. The van der Waals surface area contributed by atoms with Crippen LogP contribution in [0.15, 0.2) is 18.2 Å². The second-order valence-corrected chi connectivity index (χ2v) is 3.66. The molecule has 0 heterocycles. The van der Waals surface area contributed by atoms with E-state index in [9.17, 15) is 10.1 Å². The fourth-order valence-corrected chi connectivity index (χ4v) is 1.26. The Kier molecular flexibility index (Phi) is 2.45. The van der Waals surface area contributed by atoms with Crippen LogP contribution in [0.5, 0.6) is 11.5 Å². The average molecular weight is 209 g/mol. The van der Waals surface area contributed by atoms with Gasteiger partial charge in [0.2, 0.25) is 0 Å². The second kappa shape index (κ2) is 3.76. The summed E-state index contributed by atoms with van der Waals surface area (Å²) < 4.78 is 5.32. The summed E-state index contributed by atoms with van der Waals surface area (Å²) in [5.41, 5.74) is -0.185. The average Bonchev–Trinajstić information content (AvgIpc) is 2.99. The van der Waals surface area contributed by atoms with Crippen LogP contribution in [0, 0.1) is 16.0 Å². The topological polar surface area (TPSA) is 72.6 Å². The molecule has 0 saturated heterocycles. The third-order valence-electron chi connectivity index (χ3n) is 2.31. The van der Waals surface area contributed by atoms with Gasteiger partial charge in [0.25, 0.3) is 0 Å². The van der Waals surface area contributed by atoms with Gasteiger partial charge in [0, 0.05) is 0 Å². The molecular formula is C10H11NO4. The first kappa shape index (κ1) is 9.76. The molecule has 0 aliphatic heterocycles. The normalized spacial score (nSPS) is 14.9. The van der Waals surface area contributed by atoms with E-state index in [1.54, 1.807) is 0 Å². The maximum absolute atomic E-state index is 10.6. The van der Waals surface area contributed by atoms with Crippen LogP contribution < -0.4 is 4.74 Å². The lowest BCUT2D eigenvalue weighted by Gasteiger charge is -2.05. The molecule has 15 heavy (non-hydrogen) atoms. The van der Waals surface area contributed by atoms with Crippen LogP contribution in [0.4, 0.5) is 5.69 Å². The van der Waals surface area contributed by atoms with E-state index in [1.165, 1.54) is 12.1 Å². The van der Waals surface area contributed by atoms with Crippen LogP contribution in [0.25, 0.3) is 0 Å². The van der Waals surface area contributed by atoms with Gasteiger partial charge in [-0.3, -0.25) is 10.1 Å². The third kappa shape index (κ3) is 2.37. The van der Waals surface area contributed by atoms with Crippen molar-refractivity contribution in [1.82, 2.24) is 0 Å². The monoisotopic (exact) mass is 209 g/mol. The molecule has 0 bridgehead atoms. The number of ether oxygens (including phenoxy) is 1. The Balaban J connectivity index is 2.15. The number of nitrogens with zero attached hydrogens (tertiary/aromatic N) is 1. The highest BCUT2D eigenvalue weighted by atomic mass is 16.6. The smallest absolute Gasteiger partial charge is 0.314 e. The summed E-state index contributed by atoms with van der Waals surface area (Å²) in [6.45, 7) is 0.519. The third-order valence-corrected chi connectivity index (χ3v) is 2.31. The quantitative estimate of drug-likeness (QED) is 0.608. The Morgan fingerprint density at radius 1 is 1.53 bits per heavy atom. The lowest BCUT2D eigenvalue weighted by Crippen LogP contribution is -2.01. The first-order valence-corrected chi connectivity index (χ1v) is 4.77. The highest BCUT2D eigenvalue weighted by Crippen LogP contribution is 2.34. The molecule has 1 N–H and O–H groups in total. The lowest BCUT2D eigenvalue weighted by molar-refractivity contribution is -0.386. The minimum absolute atomic E-state index is 0.125. The van der Waals surface area contributed by atoms with Gasteiger partial charge in [0.05, 0.1) is 17.6 Å². The van der Waals surface area contributed by atoms with Gasteiger partial charge in [0.1, 0.15) is 5.75 Å². The molecule has 1 aromatic carbocycles. The van der Waals surface area contributed by atoms with Gasteiger partial charge >= 0.3 is 5.69 Å². The van der Waals surface area contributed by atoms with E-state index in [0.29, 0.717) is 12.5 Å². The summed E-state index contributed by atoms with van der Waals surface area (Å²) in [5.74, 6) is 0.642. The van der Waals surface area contributed by atoms with E-state index in [4.69, 9.17) is 9.84 Å². The molecule has 80 valence electrons. The Labute approximate surface area is 86.4 Å². The number of hydrogen-bond acceptors (Lipinski definition) is 4. The van der Waals surface area contributed by atoms with E-state index in [-0.39, 0.29) is 17.2 Å². The van der Waals surface area contributed by atoms with Gasteiger partial charge in [-0.1, -0.05) is 0 Å². The molecule has 1 aliphatic carbocycles. The zero-order valence-electron chi connectivity index (χ0n) is 8.05. The summed E-state index contributed by atoms with van der Waals surface area (Å²) in [6, 6.07) is 3.91. The predicted octanol–water partition coefficient (Wildman–Crippen LogP) is 2.09. The van der Waals surface area contributed by atoms with E-state index < -0.39 is 4.92 Å². The van der Waals surface area contributed by atoms with Crippen molar-refractivity contribution < 1.29 is 14.8 Å². The molecule has 5 heteroatoms. The second-order valence-electron chi connectivity index (χ2n) is 3.66. The van der Waals surface area contributed by atoms with Crippen molar-refractivity contribution in [3.63, 3.8) is 0 Å². The number of benzene rings is 1. The Hall–Kier alpha value is -1.78. The van der Waals surface area contributed by atoms with Crippen molar-refractivity contribution in [3.8, 4) is 11.5 Å². The fourth-order valence-electron chi connectivity index (χ4n) is 1.26. The summed E-state index contributed by atoms with van der Waals surface area (Å²) in [4.78, 5) is 10.1. The zero-order valence-corrected chi connectivity index (χ0v) is 8.05. The number of phenolic OH excluding ortho intramolecular Hbond substituents is 1. The van der Waals surface area contributed by atoms with Crippen molar-refractivity contribution in [2.24, 2.45) is 5.92 Å². The van der Waals surface area contributed by atoms with Crippen molar-refractivity contribution in [2.45, 2.75) is 12.8 Å². The predicted molar refractivity (Wildman–Crippen MR) is 53.0 cm³/mol. The van der Waals surface area contributed by atoms with Gasteiger partial charge in [-0.05, 0) is 30.9 Å². The van der Waals surface area contributed by atoms with Crippen molar-refractivity contribution in [2.75, 3.05) is 6.61 Å². The number of rotatable bonds is 4. The Bertz CT molecular complexity index is 387. The largest absolute Gasteiger partial charge is 0.508 e. The van der Waals surface area contributed by atoms with Crippen LogP contribution in [-0.2, 0) is 0 Å². The highest BCUT2D eigenvalue weighted by Gasteiger charge is 2.24. The number of hydrogen-bond donors (Lipinski definition) is 1. The Morgan fingerprint density at radius 2 is 2.27 bits per heavy atom. The fraction of sp³-hybridized carbons (Fsp3) is 0.400. The summed E-state index contributed by atoms with van der Waals surface area (Å²) in [6.07, 6.45) is 2.26. The maximum Gasteiger partial charge on any atom is 0.314 e. The molecule has 1 aromatic rings. The number of aromatic hydroxyl groups is 1. The first-order valence-electron chi connectivity index (χ1n) is 4.77. The van der Waals surface area contributed by atoms with Crippen LogP contribution in [0.2, 0.25) is 0 Å². The Morgan fingerprint density at radius 3 is 2.87 bits per heavy atom. The van der Waals surface area contributed by atoms with Crippen LogP contribution in [0.1, 0.15) is 12.8 Å². The molecular weight excluding hydrogens is 198 g/mol. The molecule has 0 radical (unpaired) electrons. The molecule has 0 unspecified atom stereocenters. The number of nitro groups is 1. The maximum atomic E-state index is 10.6. The van der Waals surface area contributed by atoms with E-state index in [2.05, 4.69) is 0 Å². The molecule has 1 fully saturated rings. The van der Waals surface area contributed by atoms with Gasteiger partial charge in [-0.25, -0.2) is 0 Å². The van der Waals surface area contributed by atoms with Gasteiger partial charge in [-0.15, -0.1) is 0 Å². The molecule has 2 rings (SSSR count). The van der Waals surface area contributed by atoms with E-state index in [1.807, 2.05) is 0 Å². The first-order chi connectivity index (χ1) is 7.16. The standard InChI is InChI=1S/C10H11NO4/c12-8-3-4-10(9(5-8)11(13)14)15-6-7-1-2-7/h3-5,7,12H,1-2,6H2.